The molecule has 0 spiro atoms. The third-order valence-electron chi connectivity index (χ3n) is 2.86. The van der Waals surface area contributed by atoms with Crippen molar-refractivity contribution in [3.05, 3.63) is 33.3 Å². The van der Waals surface area contributed by atoms with E-state index in [0.29, 0.717) is 10.0 Å². The van der Waals surface area contributed by atoms with E-state index >= 15 is 0 Å². The Morgan fingerprint density at radius 2 is 1.90 bits per heavy atom. The predicted molar refractivity (Wildman–Crippen MR) is 91.4 cm³/mol. The van der Waals surface area contributed by atoms with Crippen molar-refractivity contribution in [1.82, 2.24) is 15.5 Å². The molecular formula is C15H19Cl2N3S. The van der Waals surface area contributed by atoms with E-state index in [1.807, 2.05) is 12.1 Å². The summed E-state index contributed by atoms with van der Waals surface area (Å²) >= 11 is 13.6. The topological polar surface area (TPSA) is 37.8 Å². The van der Waals surface area contributed by atoms with Gasteiger partial charge in [-0.05, 0) is 45.9 Å². The molecule has 1 heterocycles. The normalized spacial score (nSPS) is 11.9. The average Bonchev–Trinajstić information content (AvgIpc) is 2.86. The third-order valence-corrected chi connectivity index (χ3v) is 4.63. The minimum Gasteiger partial charge on any atom is -0.312 e. The molecule has 6 heteroatoms. The first-order valence-electron chi connectivity index (χ1n) is 6.88. The van der Waals surface area contributed by atoms with Gasteiger partial charge in [0.05, 0.1) is 10.0 Å². The van der Waals surface area contributed by atoms with Crippen LogP contribution < -0.4 is 5.32 Å². The number of hydrogen-bond acceptors (Lipinski definition) is 4. The maximum absolute atomic E-state index is 6.03. The second kappa shape index (κ2) is 7.05. The first kappa shape index (κ1) is 16.7. The van der Waals surface area contributed by atoms with Gasteiger partial charge >= 0.3 is 0 Å². The van der Waals surface area contributed by atoms with Gasteiger partial charge in [0.15, 0.2) is 0 Å². The van der Waals surface area contributed by atoms with Crippen LogP contribution in [0.25, 0.3) is 10.6 Å². The van der Waals surface area contributed by atoms with Crippen LogP contribution in [0.2, 0.25) is 10.0 Å². The van der Waals surface area contributed by atoms with Crippen molar-refractivity contribution >= 4 is 34.5 Å². The Balaban J connectivity index is 1.93. The molecule has 2 aromatic rings. The standard InChI is InChI=1S/C15H19Cl2N3S/c1-15(2,3)18-8-4-5-13-19-20-14(21-13)10-6-7-11(16)12(17)9-10/h6-7,9,18H,4-5,8H2,1-3H3. The molecule has 0 fully saturated rings. The maximum atomic E-state index is 6.03. The second-order valence-corrected chi connectivity index (χ2v) is 7.79. The van der Waals surface area contributed by atoms with E-state index in [1.54, 1.807) is 17.4 Å². The van der Waals surface area contributed by atoms with E-state index in [1.165, 1.54) is 0 Å². The van der Waals surface area contributed by atoms with E-state index in [0.717, 1.165) is 35.0 Å². The fourth-order valence-electron chi connectivity index (χ4n) is 1.80. The fraction of sp³-hybridized carbons (Fsp3) is 0.467. The second-order valence-electron chi connectivity index (χ2n) is 5.91. The Morgan fingerprint density at radius 1 is 1.14 bits per heavy atom. The first-order valence-corrected chi connectivity index (χ1v) is 8.45. The number of aromatic nitrogens is 2. The van der Waals surface area contributed by atoms with Crippen molar-refractivity contribution in [3.8, 4) is 10.6 Å². The highest BCUT2D eigenvalue weighted by Gasteiger charge is 2.10. The minimum atomic E-state index is 0.159. The van der Waals surface area contributed by atoms with Gasteiger partial charge in [0.1, 0.15) is 10.0 Å². The minimum absolute atomic E-state index is 0.159. The lowest BCUT2D eigenvalue weighted by molar-refractivity contribution is 0.422. The molecule has 21 heavy (non-hydrogen) atoms. The monoisotopic (exact) mass is 343 g/mol. The molecule has 0 saturated carbocycles. The van der Waals surface area contributed by atoms with Gasteiger partial charge in [0.2, 0.25) is 0 Å². The van der Waals surface area contributed by atoms with E-state index in [2.05, 4.69) is 36.3 Å². The van der Waals surface area contributed by atoms with Gasteiger partial charge in [0, 0.05) is 17.5 Å². The molecule has 0 bridgehead atoms. The number of halogens is 2. The Morgan fingerprint density at radius 3 is 2.57 bits per heavy atom. The molecule has 0 aliphatic carbocycles. The van der Waals surface area contributed by atoms with Gasteiger partial charge in [0.25, 0.3) is 0 Å². The Bertz CT molecular complexity index is 605. The van der Waals surface area contributed by atoms with E-state index in [-0.39, 0.29) is 5.54 Å². The molecule has 1 aromatic carbocycles. The summed E-state index contributed by atoms with van der Waals surface area (Å²) in [7, 11) is 0. The highest BCUT2D eigenvalue weighted by atomic mass is 35.5. The summed E-state index contributed by atoms with van der Waals surface area (Å²) in [4.78, 5) is 0. The summed E-state index contributed by atoms with van der Waals surface area (Å²) < 4.78 is 0. The molecule has 0 atom stereocenters. The van der Waals surface area contributed by atoms with Crippen molar-refractivity contribution in [3.63, 3.8) is 0 Å². The summed E-state index contributed by atoms with van der Waals surface area (Å²) in [6, 6.07) is 5.53. The number of aryl methyl sites for hydroxylation is 1. The van der Waals surface area contributed by atoms with Crippen molar-refractivity contribution in [1.29, 1.82) is 0 Å². The lowest BCUT2D eigenvalue weighted by Crippen LogP contribution is -2.36. The number of nitrogens with one attached hydrogen (secondary N) is 1. The smallest absolute Gasteiger partial charge is 0.147 e. The number of nitrogens with zero attached hydrogens (tertiary/aromatic N) is 2. The quantitative estimate of drug-likeness (QED) is 0.789. The van der Waals surface area contributed by atoms with Gasteiger partial charge in [-0.15, -0.1) is 10.2 Å². The summed E-state index contributed by atoms with van der Waals surface area (Å²) in [5.41, 5.74) is 1.12. The van der Waals surface area contributed by atoms with Gasteiger partial charge in [-0.2, -0.15) is 0 Å². The Labute approximate surface area is 139 Å². The average molecular weight is 344 g/mol. The summed E-state index contributed by atoms with van der Waals surface area (Å²) in [5, 5.41) is 15.0. The molecule has 0 saturated heterocycles. The largest absolute Gasteiger partial charge is 0.312 e. The zero-order chi connectivity index (χ0) is 15.5. The van der Waals surface area contributed by atoms with Gasteiger partial charge < -0.3 is 5.32 Å². The number of rotatable bonds is 5. The van der Waals surface area contributed by atoms with Crippen LogP contribution in [0.5, 0.6) is 0 Å². The lowest BCUT2D eigenvalue weighted by atomic mass is 10.1. The summed E-state index contributed by atoms with van der Waals surface area (Å²) in [6.45, 7) is 7.48. The fourth-order valence-corrected chi connectivity index (χ4v) is 2.98. The molecule has 0 aliphatic rings. The van der Waals surface area contributed by atoms with Crippen molar-refractivity contribution in [2.45, 2.75) is 39.2 Å². The summed E-state index contributed by atoms with van der Waals surface area (Å²) in [5.74, 6) is 0. The van der Waals surface area contributed by atoms with Crippen molar-refractivity contribution in [2.75, 3.05) is 6.54 Å². The van der Waals surface area contributed by atoms with Gasteiger partial charge in [-0.25, -0.2) is 0 Å². The molecule has 114 valence electrons. The molecule has 3 nitrogen and oxygen atoms in total. The van der Waals surface area contributed by atoms with E-state index < -0.39 is 0 Å². The van der Waals surface area contributed by atoms with Crippen LogP contribution in [-0.4, -0.2) is 22.3 Å². The predicted octanol–water partition coefficient (Wildman–Crippen LogP) is 4.83. The van der Waals surface area contributed by atoms with Crippen LogP contribution in [0.4, 0.5) is 0 Å². The number of hydrogen-bond donors (Lipinski definition) is 1. The highest BCUT2D eigenvalue weighted by Crippen LogP contribution is 2.30. The molecule has 2 rings (SSSR count). The molecule has 0 amide bonds. The van der Waals surface area contributed by atoms with Crippen LogP contribution in [0.3, 0.4) is 0 Å². The van der Waals surface area contributed by atoms with Crippen molar-refractivity contribution < 1.29 is 0 Å². The zero-order valence-electron chi connectivity index (χ0n) is 12.4. The van der Waals surface area contributed by atoms with Crippen LogP contribution in [0.1, 0.15) is 32.2 Å². The zero-order valence-corrected chi connectivity index (χ0v) is 14.7. The Hall–Kier alpha value is -0.680. The third kappa shape index (κ3) is 5.22. The van der Waals surface area contributed by atoms with Gasteiger partial charge in [-0.1, -0.05) is 40.6 Å². The highest BCUT2D eigenvalue weighted by molar-refractivity contribution is 7.14. The van der Waals surface area contributed by atoms with E-state index in [9.17, 15) is 0 Å². The Kier molecular flexibility index (Phi) is 5.60. The SMILES string of the molecule is CC(C)(C)NCCCc1nnc(-c2ccc(Cl)c(Cl)c2)s1. The van der Waals surface area contributed by atoms with Crippen LogP contribution in [0, 0.1) is 0 Å². The number of benzene rings is 1. The molecule has 0 unspecified atom stereocenters. The van der Waals surface area contributed by atoms with Gasteiger partial charge in [-0.3, -0.25) is 0 Å². The molecule has 0 radical (unpaired) electrons. The molecule has 0 aliphatic heterocycles. The van der Waals surface area contributed by atoms with Crippen LogP contribution in [-0.2, 0) is 6.42 Å². The maximum Gasteiger partial charge on any atom is 0.147 e. The van der Waals surface area contributed by atoms with Crippen molar-refractivity contribution in [2.24, 2.45) is 0 Å². The van der Waals surface area contributed by atoms with Crippen LogP contribution in [0.15, 0.2) is 18.2 Å². The first-order chi connectivity index (χ1) is 9.85. The van der Waals surface area contributed by atoms with Crippen LogP contribution >= 0.6 is 34.5 Å². The lowest BCUT2D eigenvalue weighted by Gasteiger charge is -2.20. The molecular weight excluding hydrogens is 325 g/mol. The summed E-state index contributed by atoms with van der Waals surface area (Å²) in [6.07, 6.45) is 1.98. The van der Waals surface area contributed by atoms with E-state index in [4.69, 9.17) is 23.2 Å². The molecule has 1 aromatic heterocycles. The molecule has 1 N–H and O–H groups in total.